The third-order valence-electron chi connectivity index (χ3n) is 3.07. The van der Waals surface area contributed by atoms with Gasteiger partial charge in [0.15, 0.2) is 0 Å². The molecule has 1 aromatic rings. The average Bonchev–Trinajstić information content (AvgIpc) is 2.41. The summed E-state index contributed by atoms with van der Waals surface area (Å²) in [6.07, 6.45) is 0.643. The molecule has 1 saturated heterocycles. The monoisotopic (exact) mass is 425 g/mol. The number of halogens is 1. The number of benzene rings is 1. The highest BCUT2D eigenvalue weighted by Crippen LogP contribution is 2.28. The van der Waals surface area contributed by atoms with Crippen molar-refractivity contribution >= 4 is 45.7 Å². The predicted octanol–water partition coefficient (Wildman–Crippen LogP) is 4.02. The highest BCUT2D eigenvalue weighted by atomic mass is 79.9. The molecule has 0 spiro atoms. The smallest absolute Gasteiger partial charge is 0.412 e. The van der Waals surface area contributed by atoms with Gasteiger partial charge < -0.3 is 14.2 Å². The van der Waals surface area contributed by atoms with Gasteiger partial charge in [-0.1, -0.05) is 22.0 Å². The number of amides is 1. The maximum Gasteiger partial charge on any atom is 0.412 e. The zero-order chi connectivity index (χ0) is 19.7. The lowest BCUT2D eigenvalue weighted by molar-refractivity contribution is -0.222. The number of nitrogens with one attached hydrogen (secondary N) is 1. The normalized spacial score (nSPS) is 16.5. The first-order valence-corrected chi connectivity index (χ1v) is 8.63. The molecule has 1 aliphatic rings. The van der Waals surface area contributed by atoms with Crippen LogP contribution in [0.2, 0.25) is 0 Å². The van der Waals surface area contributed by atoms with Crippen LogP contribution in [0.3, 0.4) is 0 Å². The van der Waals surface area contributed by atoms with E-state index in [-0.39, 0.29) is 5.57 Å². The quantitative estimate of drug-likeness (QED) is 0.437. The Kier molecular flexibility index (Phi) is 5.46. The summed E-state index contributed by atoms with van der Waals surface area (Å²) in [5, 5.41) is 2.60. The number of carbonyl (C=O) groups excluding carboxylic acids is 3. The SMILES string of the molecule is CC(C)(C)OC(=O)Nc1cc(Br)ccc1C=C1C(=O)OC(C)(C)OC1=O. The molecule has 8 heteroatoms. The summed E-state index contributed by atoms with van der Waals surface area (Å²) in [5.41, 5.74) is -0.162. The second-order valence-electron chi connectivity index (χ2n) is 7.10. The first-order chi connectivity index (χ1) is 11.9. The molecule has 2 rings (SSSR count). The van der Waals surface area contributed by atoms with Crippen LogP contribution in [0, 0.1) is 0 Å². The molecule has 1 fully saturated rings. The van der Waals surface area contributed by atoms with Gasteiger partial charge in [0.25, 0.3) is 5.79 Å². The number of hydrogen-bond donors (Lipinski definition) is 1. The minimum atomic E-state index is -1.32. The fourth-order valence-corrected chi connectivity index (χ4v) is 2.47. The van der Waals surface area contributed by atoms with Gasteiger partial charge in [-0.25, -0.2) is 14.4 Å². The zero-order valence-electron chi connectivity index (χ0n) is 15.1. The molecular formula is C18H20BrNO6. The minimum absolute atomic E-state index is 0.265. The molecule has 0 aliphatic carbocycles. The van der Waals surface area contributed by atoms with Gasteiger partial charge in [0.1, 0.15) is 11.2 Å². The molecule has 0 aromatic heterocycles. The van der Waals surface area contributed by atoms with Crippen molar-refractivity contribution in [3.05, 3.63) is 33.8 Å². The van der Waals surface area contributed by atoms with Gasteiger partial charge in [-0.05, 0) is 44.5 Å². The van der Waals surface area contributed by atoms with E-state index in [0.29, 0.717) is 15.7 Å². The molecule has 0 unspecified atom stereocenters. The summed E-state index contributed by atoms with van der Waals surface area (Å²) >= 11 is 3.32. The van der Waals surface area contributed by atoms with Crippen molar-refractivity contribution in [2.45, 2.75) is 46.0 Å². The van der Waals surface area contributed by atoms with Crippen LogP contribution >= 0.6 is 15.9 Å². The maximum atomic E-state index is 12.1. The molecule has 0 saturated carbocycles. The van der Waals surface area contributed by atoms with Gasteiger partial charge in [-0.2, -0.15) is 0 Å². The molecular weight excluding hydrogens is 406 g/mol. The van der Waals surface area contributed by atoms with Crippen LogP contribution in [0.5, 0.6) is 0 Å². The van der Waals surface area contributed by atoms with Crippen LogP contribution in [-0.2, 0) is 23.8 Å². The Bertz CT molecular complexity index is 769. The van der Waals surface area contributed by atoms with Crippen molar-refractivity contribution in [3.8, 4) is 0 Å². The van der Waals surface area contributed by atoms with Crippen LogP contribution in [0.1, 0.15) is 40.2 Å². The highest BCUT2D eigenvalue weighted by molar-refractivity contribution is 9.10. The molecule has 26 heavy (non-hydrogen) atoms. The number of rotatable bonds is 2. The van der Waals surface area contributed by atoms with E-state index in [4.69, 9.17) is 14.2 Å². The zero-order valence-corrected chi connectivity index (χ0v) is 16.7. The maximum absolute atomic E-state index is 12.1. The first kappa shape index (κ1) is 20.0. The summed E-state index contributed by atoms with van der Waals surface area (Å²) in [6, 6.07) is 4.96. The summed E-state index contributed by atoms with van der Waals surface area (Å²) in [7, 11) is 0. The second-order valence-corrected chi connectivity index (χ2v) is 8.01. The number of anilines is 1. The Morgan fingerprint density at radius 3 is 2.31 bits per heavy atom. The standard InChI is InChI=1S/C18H20BrNO6/c1-17(2,3)26-16(23)20-13-9-11(19)7-6-10(13)8-12-14(21)24-18(4,5)25-15(12)22/h6-9H,1-5H3,(H,20,23). The molecule has 1 heterocycles. The molecule has 140 valence electrons. The first-order valence-electron chi connectivity index (χ1n) is 7.84. The average molecular weight is 426 g/mol. The van der Waals surface area contributed by atoms with E-state index in [1.807, 2.05) is 0 Å². The Morgan fingerprint density at radius 2 is 1.77 bits per heavy atom. The predicted molar refractivity (Wildman–Crippen MR) is 98.2 cm³/mol. The van der Waals surface area contributed by atoms with Crippen molar-refractivity contribution in [3.63, 3.8) is 0 Å². The van der Waals surface area contributed by atoms with E-state index in [0.717, 1.165) is 0 Å². The third kappa shape index (κ3) is 5.32. The van der Waals surface area contributed by atoms with Crippen LogP contribution in [0.4, 0.5) is 10.5 Å². The Labute approximate surface area is 159 Å². The van der Waals surface area contributed by atoms with Crippen molar-refractivity contribution < 1.29 is 28.6 Å². The fraction of sp³-hybridized carbons (Fsp3) is 0.389. The molecule has 0 bridgehead atoms. The molecule has 1 aromatic carbocycles. The van der Waals surface area contributed by atoms with E-state index in [9.17, 15) is 14.4 Å². The molecule has 0 radical (unpaired) electrons. The third-order valence-corrected chi connectivity index (χ3v) is 3.56. The largest absolute Gasteiger partial charge is 0.444 e. The van der Waals surface area contributed by atoms with E-state index in [1.54, 1.807) is 39.0 Å². The second kappa shape index (κ2) is 7.11. The van der Waals surface area contributed by atoms with Crippen LogP contribution in [-0.4, -0.2) is 29.4 Å². The number of esters is 2. The van der Waals surface area contributed by atoms with Crippen LogP contribution < -0.4 is 5.32 Å². The number of cyclic esters (lactones) is 2. The van der Waals surface area contributed by atoms with Gasteiger partial charge in [-0.15, -0.1) is 0 Å². The van der Waals surface area contributed by atoms with Gasteiger partial charge in [0, 0.05) is 18.3 Å². The van der Waals surface area contributed by atoms with Crippen LogP contribution in [0.25, 0.3) is 6.08 Å². The van der Waals surface area contributed by atoms with Crippen molar-refractivity contribution in [1.29, 1.82) is 0 Å². The minimum Gasteiger partial charge on any atom is -0.444 e. The Balaban J connectivity index is 2.34. The van der Waals surface area contributed by atoms with Crippen molar-refractivity contribution in [2.75, 3.05) is 5.32 Å². The summed E-state index contributed by atoms with van der Waals surface area (Å²) in [5.74, 6) is -2.90. The molecule has 7 nitrogen and oxygen atoms in total. The lowest BCUT2D eigenvalue weighted by atomic mass is 10.1. The molecule has 0 atom stereocenters. The lowest BCUT2D eigenvalue weighted by Crippen LogP contribution is -2.41. The summed E-state index contributed by atoms with van der Waals surface area (Å²) < 4.78 is 16.1. The van der Waals surface area contributed by atoms with Gasteiger partial charge in [0.05, 0.1) is 5.69 Å². The van der Waals surface area contributed by atoms with Crippen LogP contribution in [0.15, 0.2) is 28.2 Å². The van der Waals surface area contributed by atoms with E-state index < -0.39 is 29.4 Å². The Hall–Kier alpha value is -2.35. The highest BCUT2D eigenvalue weighted by Gasteiger charge is 2.39. The van der Waals surface area contributed by atoms with Crippen molar-refractivity contribution in [1.82, 2.24) is 0 Å². The van der Waals surface area contributed by atoms with E-state index >= 15 is 0 Å². The molecule has 1 N–H and O–H groups in total. The number of ether oxygens (including phenoxy) is 3. The number of hydrogen-bond acceptors (Lipinski definition) is 6. The van der Waals surface area contributed by atoms with E-state index in [2.05, 4.69) is 21.2 Å². The van der Waals surface area contributed by atoms with Gasteiger partial charge >= 0.3 is 18.0 Å². The summed E-state index contributed by atoms with van der Waals surface area (Å²) in [6.45, 7) is 8.16. The van der Waals surface area contributed by atoms with Crippen molar-refractivity contribution in [2.24, 2.45) is 0 Å². The number of carbonyl (C=O) groups is 3. The van der Waals surface area contributed by atoms with Gasteiger partial charge in [-0.3, -0.25) is 5.32 Å². The Morgan fingerprint density at radius 1 is 1.19 bits per heavy atom. The van der Waals surface area contributed by atoms with E-state index in [1.165, 1.54) is 19.9 Å². The fourth-order valence-electron chi connectivity index (χ4n) is 2.11. The topological polar surface area (TPSA) is 90.9 Å². The molecule has 1 amide bonds. The molecule has 1 aliphatic heterocycles. The summed E-state index contributed by atoms with van der Waals surface area (Å²) in [4.78, 5) is 36.2. The lowest BCUT2D eigenvalue weighted by Gasteiger charge is -2.29. The van der Waals surface area contributed by atoms with Gasteiger partial charge in [0.2, 0.25) is 0 Å².